The lowest BCUT2D eigenvalue weighted by atomic mass is 10.1. The van der Waals surface area contributed by atoms with Crippen LogP contribution >= 0.6 is 0 Å². The number of carbonyl (C=O) groups is 1. The Morgan fingerprint density at radius 2 is 2.30 bits per heavy atom. The van der Waals surface area contributed by atoms with Gasteiger partial charge in [0.15, 0.2) is 0 Å². The first-order valence-electron chi connectivity index (χ1n) is 7.00. The number of amides is 1. The van der Waals surface area contributed by atoms with Gasteiger partial charge in [-0.1, -0.05) is 12.1 Å². The number of ether oxygens (including phenoxy) is 1. The number of benzene rings is 1. The SMILES string of the molecule is COCC1CCN(C(C)C(=O)Nc2ccccc2N)C1. The fourth-order valence-corrected chi connectivity index (χ4v) is 2.60. The molecule has 1 saturated heterocycles. The summed E-state index contributed by atoms with van der Waals surface area (Å²) < 4.78 is 5.18. The minimum Gasteiger partial charge on any atom is -0.397 e. The quantitative estimate of drug-likeness (QED) is 0.802. The van der Waals surface area contributed by atoms with Crippen LogP contribution < -0.4 is 11.1 Å². The number of likely N-dealkylation sites (tertiary alicyclic amines) is 1. The minimum atomic E-state index is -0.156. The van der Waals surface area contributed by atoms with Gasteiger partial charge in [-0.15, -0.1) is 0 Å². The second-order valence-corrected chi connectivity index (χ2v) is 5.36. The predicted molar refractivity (Wildman–Crippen MR) is 80.5 cm³/mol. The van der Waals surface area contributed by atoms with Gasteiger partial charge in [-0.25, -0.2) is 0 Å². The summed E-state index contributed by atoms with van der Waals surface area (Å²) in [6, 6.07) is 7.16. The van der Waals surface area contributed by atoms with Crippen molar-refractivity contribution in [3.63, 3.8) is 0 Å². The van der Waals surface area contributed by atoms with Crippen molar-refractivity contribution in [2.45, 2.75) is 19.4 Å². The molecule has 1 aromatic carbocycles. The van der Waals surface area contributed by atoms with Gasteiger partial charge in [-0.3, -0.25) is 9.69 Å². The fraction of sp³-hybridized carbons (Fsp3) is 0.533. The highest BCUT2D eigenvalue weighted by atomic mass is 16.5. The van der Waals surface area contributed by atoms with Gasteiger partial charge >= 0.3 is 0 Å². The molecule has 0 radical (unpaired) electrons. The molecule has 2 atom stereocenters. The first kappa shape index (κ1) is 14.8. The van der Waals surface area contributed by atoms with E-state index >= 15 is 0 Å². The topological polar surface area (TPSA) is 67.6 Å². The highest BCUT2D eigenvalue weighted by Gasteiger charge is 2.29. The molecule has 0 bridgehead atoms. The zero-order valence-electron chi connectivity index (χ0n) is 12.1. The molecule has 0 spiro atoms. The van der Waals surface area contributed by atoms with Crippen molar-refractivity contribution < 1.29 is 9.53 Å². The number of anilines is 2. The maximum atomic E-state index is 12.3. The summed E-state index contributed by atoms with van der Waals surface area (Å²) in [6.07, 6.45) is 1.08. The van der Waals surface area contributed by atoms with Crippen LogP contribution in [0.3, 0.4) is 0 Å². The van der Waals surface area contributed by atoms with Gasteiger partial charge in [0, 0.05) is 13.7 Å². The normalized spacial score (nSPS) is 20.8. The first-order valence-corrected chi connectivity index (χ1v) is 7.00. The lowest BCUT2D eigenvalue weighted by molar-refractivity contribution is -0.120. The summed E-state index contributed by atoms with van der Waals surface area (Å²) >= 11 is 0. The van der Waals surface area contributed by atoms with Crippen LogP contribution in [0.5, 0.6) is 0 Å². The van der Waals surface area contributed by atoms with Crippen LogP contribution in [0.25, 0.3) is 0 Å². The van der Waals surface area contributed by atoms with Gasteiger partial charge < -0.3 is 15.8 Å². The van der Waals surface area contributed by atoms with E-state index in [1.165, 1.54) is 0 Å². The molecule has 110 valence electrons. The molecule has 1 heterocycles. The molecule has 5 nitrogen and oxygen atoms in total. The zero-order valence-corrected chi connectivity index (χ0v) is 12.1. The Kier molecular flexibility index (Phi) is 4.98. The van der Waals surface area contributed by atoms with Gasteiger partial charge in [0.05, 0.1) is 24.0 Å². The van der Waals surface area contributed by atoms with E-state index in [9.17, 15) is 4.79 Å². The van der Waals surface area contributed by atoms with Crippen molar-refractivity contribution in [3.8, 4) is 0 Å². The summed E-state index contributed by atoms with van der Waals surface area (Å²) in [4.78, 5) is 14.5. The third-order valence-corrected chi connectivity index (χ3v) is 3.87. The molecule has 5 heteroatoms. The summed E-state index contributed by atoms with van der Waals surface area (Å²) in [5, 5.41) is 2.90. The molecular weight excluding hydrogens is 254 g/mol. The number of nitrogens with zero attached hydrogens (tertiary/aromatic N) is 1. The van der Waals surface area contributed by atoms with Gasteiger partial charge in [0.1, 0.15) is 0 Å². The molecule has 2 unspecified atom stereocenters. The molecule has 1 fully saturated rings. The Balaban J connectivity index is 1.91. The van der Waals surface area contributed by atoms with E-state index in [-0.39, 0.29) is 11.9 Å². The smallest absolute Gasteiger partial charge is 0.241 e. The van der Waals surface area contributed by atoms with Crippen molar-refractivity contribution in [2.75, 3.05) is 37.9 Å². The van der Waals surface area contributed by atoms with Gasteiger partial charge in [0.2, 0.25) is 5.91 Å². The van der Waals surface area contributed by atoms with E-state index in [1.807, 2.05) is 25.1 Å². The van der Waals surface area contributed by atoms with E-state index < -0.39 is 0 Å². The molecule has 0 aromatic heterocycles. The number of hydrogen-bond donors (Lipinski definition) is 2. The summed E-state index contributed by atoms with van der Waals surface area (Å²) in [5.41, 5.74) is 7.11. The molecule has 2 rings (SSSR count). The van der Waals surface area contributed by atoms with Crippen LogP contribution in [-0.2, 0) is 9.53 Å². The molecule has 3 N–H and O–H groups in total. The summed E-state index contributed by atoms with van der Waals surface area (Å²) in [6.45, 7) is 4.54. The van der Waals surface area contributed by atoms with Crippen molar-refractivity contribution in [1.29, 1.82) is 0 Å². The van der Waals surface area contributed by atoms with Gasteiger partial charge in [0.25, 0.3) is 0 Å². The lowest BCUT2D eigenvalue weighted by Crippen LogP contribution is -2.41. The second-order valence-electron chi connectivity index (χ2n) is 5.36. The predicted octanol–water partition coefficient (Wildman–Crippen LogP) is 1.56. The molecule has 1 aliphatic heterocycles. The highest BCUT2D eigenvalue weighted by Crippen LogP contribution is 2.21. The highest BCUT2D eigenvalue weighted by molar-refractivity contribution is 5.97. The standard InChI is InChI=1S/C15H23N3O2/c1-11(18-8-7-12(9-18)10-20-2)15(19)17-14-6-4-3-5-13(14)16/h3-6,11-12H,7-10,16H2,1-2H3,(H,17,19). The zero-order chi connectivity index (χ0) is 14.5. The van der Waals surface area contributed by atoms with E-state index in [1.54, 1.807) is 13.2 Å². The third kappa shape index (κ3) is 3.49. The van der Waals surface area contributed by atoms with E-state index in [0.29, 0.717) is 17.3 Å². The molecule has 0 saturated carbocycles. The molecule has 0 aliphatic carbocycles. The number of methoxy groups -OCH3 is 1. The molecule has 20 heavy (non-hydrogen) atoms. The average molecular weight is 277 g/mol. The van der Waals surface area contributed by atoms with Crippen molar-refractivity contribution in [2.24, 2.45) is 5.92 Å². The Labute approximate surface area is 120 Å². The monoisotopic (exact) mass is 277 g/mol. The number of para-hydroxylation sites is 2. The third-order valence-electron chi connectivity index (χ3n) is 3.87. The Morgan fingerprint density at radius 3 is 3.00 bits per heavy atom. The molecule has 1 aromatic rings. The Bertz CT molecular complexity index is 464. The van der Waals surface area contributed by atoms with Crippen molar-refractivity contribution in [3.05, 3.63) is 24.3 Å². The van der Waals surface area contributed by atoms with Crippen LogP contribution in [-0.4, -0.2) is 43.7 Å². The Hall–Kier alpha value is -1.59. The number of nitrogens with two attached hydrogens (primary N) is 1. The van der Waals surface area contributed by atoms with Crippen LogP contribution in [0.1, 0.15) is 13.3 Å². The summed E-state index contributed by atoms with van der Waals surface area (Å²) in [7, 11) is 1.72. The molecule has 1 amide bonds. The number of nitrogen functional groups attached to an aromatic ring is 1. The fourth-order valence-electron chi connectivity index (χ4n) is 2.60. The van der Waals surface area contributed by atoms with Crippen molar-refractivity contribution in [1.82, 2.24) is 4.90 Å². The lowest BCUT2D eigenvalue weighted by Gasteiger charge is -2.23. The van der Waals surface area contributed by atoms with Gasteiger partial charge in [-0.05, 0) is 37.9 Å². The largest absolute Gasteiger partial charge is 0.397 e. The maximum absolute atomic E-state index is 12.3. The summed E-state index contributed by atoms with van der Waals surface area (Å²) in [5.74, 6) is 0.512. The second kappa shape index (κ2) is 6.72. The van der Waals surface area contributed by atoms with Crippen LogP contribution in [0.15, 0.2) is 24.3 Å². The first-order chi connectivity index (χ1) is 9.61. The maximum Gasteiger partial charge on any atom is 0.241 e. The Morgan fingerprint density at radius 1 is 1.55 bits per heavy atom. The van der Waals surface area contributed by atoms with Crippen LogP contribution in [0.4, 0.5) is 11.4 Å². The van der Waals surface area contributed by atoms with E-state index in [2.05, 4.69) is 10.2 Å². The van der Waals surface area contributed by atoms with E-state index in [0.717, 1.165) is 26.1 Å². The number of carbonyl (C=O) groups excluding carboxylic acids is 1. The molecular formula is C15H23N3O2. The number of rotatable bonds is 5. The van der Waals surface area contributed by atoms with Crippen molar-refractivity contribution >= 4 is 17.3 Å². The van der Waals surface area contributed by atoms with Gasteiger partial charge in [-0.2, -0.15) is 0 Å². The van der Waals surface area contributed by atoms with Crippen LogP contribution in [0, 0.1) is 5.92 Å². The number of nitrogens with one attached hydrogen (secondary N) is 1. The van der Waals surface area contributed by atoms with Crippen LogP contribution in [0.2, 0.25) is 0 Å². The number of hydrogen-bond acceptors (Lipinski definition) is 4. The van der Waals surface area contributed by atoms with E-state index in [4.69, 9.17) is 10.5 Å². The minimum absolute atomic E-state index is 0.0130. The average Bonchev–Trinajstić information content (AvgIpc) is 2.89. The molecule has 1 aliphatic rings.